The molecule has 0 aliphatic heterocycles. The fraction of sp³-hybridized carbons (Fsp3) is 0.667. The molecule has 1 atom stereocenters. The standard InChI is InChI=1S/C3H8N2O2.2ClH.Pt/c4-1-2(5)3(6)7;;;/h2H,1,4-5H2,(H,6,7);2*1H;/q;;;+2/p-2. The van der Waals surface area contributed by atoms with Gasteiger partial charge in [0.2, 0.25) is 0 Å². The normalized spacial score (nSPS) is 9.40. The molecule has 7 heteroatoms. The van der Waals surface area contributed by atoms with E-state index >= 15 is 0 Å². The summed E-state index contributed by atoms with van der Waals surface area (Å²) in [5.41, 5.74) is 9.66. The summed E-state index contributed by atoms with van der Waals surface area (Å²) >= 11 is 0. The molecule has 0 saturated heterocycles. The average molecular weight is 370 g/mol. The van der Waals surface area contributed by atoms with Crippen molar-refractivity contribution in [2.75, 3.05) is 6.54 Å². The quantitative estimate of drug-likeness (QED) is 0.507. The molecule has 0 aromatic rings. The molecular formula is C3H8Cl2N2O2Pt. The Balaban J connectivity index is -0.0000000600. The van der Waals surface area contributed by atoms with E-state index in [4.69, 9.17) is 11.5 Å². The van der Waals surface area contributed by atoms with Crippen LogP contribution in [0.2, 0.25) is 0 Å². The molecule has 0 aliphatic carbocycles. The molecule has 10 heavy (non-hydrogen) atoms. The number of aliphatic carboxylic acids is 1. The van der Waals surface area contributed by atoms with Crippen LogP contribution in [0.3, 0.4) is 0 Å². The minimum atomic E-state index is -1.30. The van der Waals surface area contributed by atoms with Gasteiger partial charge in [-0.15, -0.1) is 12.4 Å². The van der Waals surface area contributed by atoms with Crippen molar-refractivity contribution in [3.05, 3.63) is 0 Å². The molecule has 0 spiro atoms. The number of hydrogen-bond acceptors (Lipinski definition) is 4. The fourth-order valence-corrected chi connectivity index (χ4v) is 0.0962. The van der Waals surface area contributed by atoms with E-state index in [2.05, 4.69) is 0 Å². The molecule has 0 saturated carbocycles. The molecule has 0 rings (SSSR count). The minimum Gasteiger partial charge on any atom is -1.00 e. The second-order valence-electron chi connectivity index (χ2n) is 1.16. The summed E-state index contributed by atoms with van der Waals surface area (Å²) in [6.07, 6.45) is 0. The first-order chi connectivity index (χ1) is 3.18. The van der Waals surface area contributed by atoms with E-state index in [1.165, 1.54) is 0 Å². The summed E-state index contributed by atoms with van der Waals surface area (Å²) in [5, 5.41) is 9.61. The smallest absolute Gasteiger partial charge is 1.00 e. The zero-order valence-corrected chi connectivity index (χ0v) is 8.70. The summed E-state index contributed by atoms with van der Waals surface area (Å²) in [6, 6.07) is -1.01. The van der Waals surface area contributed by atoms with E-state index < -0.39 is 12.0 Å². The Morgan fingerprint density at radius 3 is 1.90 bits per heavy atom. The van der Waals surface area contributed by atoms with Gasteiger partial charge < -0.3 is 33.8 Å². The van der Waals surface area contributed by atoms with Crippen LogP contribution >= 0.6 is 12.4 Å². The molecule has 0 aromatic heterocycles. The molecule has 4 nitrogen and oxygen atoms in total. The summed E-state index contributed by atoms with van der Waals surface area (Å²) in [4.78, 5) is 9.61. The summed E-state index contributed by atoms with van der Waals surface area (Å²) < 4.78 is 0. The van der Waals surface area contributed by atoms with Crippen molar-refractivity contribution < 1.29 is 43.4 Å². The number of nitrogens with two attached hydrogens (primary N) is 2. The first-order valence-corrected chi connectivity index (χ1v) is 1.85. The molecule has 66 valence electrons. The van der Waals surface area contributed by atoms with Crippen LogP contribution in [0.1, 0.15) is 0 Å². The number of hydrogen-bond donors (Lipinski definition) is 2. The summed E-state index contributed by atoms with van der Waals surface area (Å²) in [5.74, 6) is -1.30. The van der Waals surface area contributed by atoms with Gasteiger partial charge in [-0.2, -0.15) is 0 Å². The maximum Gasteiger partial charge on any atom is 2.00 e. The van der Waals surface area contributed by atoms with Gasteiger partial charge in [0.1, 0.15) is 0 Å². The SMILES string of the molecule is Cl.NCC(N)C(=O)[O-].[Cl-].[Pt+2]. The molecule has 0 radical (unpaired) electrons. The van der Waals surface area contributed by atoms with Crippen LogP contribution in [0.25, 0.3) is 0 Å². The van der Waals surface area contributed by atoms with Gasteiger partial charge in [-0.05, 0) is 0 Å². The van der Waals surface area contributed by atoms with Gasteiger partial charge in [0.05, 0.1) is 12.0 Å². The summed E-state index contributed by atoms with van der Waals surface area (Å²) in [6.45, 7) is -0.0671. The summed E-state index contributed by atoms with van der Waals surface area (Å²) in [7, 11) is 0. The van der Waals surface area contributed by atoms with Crippen molar-refractivity contribution in [2.45, 2.75) is 6.04 Å². The molecule has 0 fully saturated rings. The van der Waals surface area contributed by atoms with Gasteiger partial charge in [-0.3, -0.25) is 0 Å². The third-order valence-corrected chi connectivity index (χ3v) is 0.557. The van der Waals surface area contributed by atoms with Gasteiger partial charge in [0.25, 0.3) is 0 Å². The van der Waals surface area contributed by atoms with E-state index in [-0.39, 0.29) is 52.4 Å². The van der Waals surface area contributed by atoms with E-state index in [9.17, 15) is 9.90 Å². The van der Waals surface area contributed by atoms with Crippen LogP contribution in [0.15, 0.2) is 0 Å². The zero-order valence-electron chi connectivity index (χ0n) is 4.86. The van der Waals surface area contributed by atoms with E-state index in [0.29, 0.717) is 0 Å². The predicted octanol–water partition coefficient (Wildman–Crippen LogP) is -5.55. The van der Waals surface area contributed by atoms with Crippen LogP contribution in [-0.4, -0.2) is 18.6 Å². The third kappa shape index (κ3) is 11.5. The van der Waals surface area contributed by atoms with Crippen molar-refractivity contribution in [2.24, 2.45) is 11.5 Å². The molecule has 0 bridgehead atoms. The maximum atomic E-state index is 9.61. The van der Waals surface area contributed by atoms with Crippen LogP contribution in [-0.2, 0) is 25.9 Å². The first kappa shape index (κ1) is 22.4. The first-order valence-electron chi connectivity index (χ1n) is 1.85. The number of carboxylic acids is 1. The van der Waals surface area contributed by atoms with Gasteiger partial charge in [0, 0.05) is 6.54 Å². The van der Waals surface area contributed by atoms with Crippen LogP contribution < -0.4 is 29.0 Å². The van der Waals surface area contributed by atoms with Crippen molar-refractivity contribution in [3.8, 4) is 0 Å². The van der Waals surface area contributed by atoms with Crippen molar-refractivity contribution >= 4 is 18.4 Å². The van der Waals surface area contributed by atoms with Gasteiger partial charge in [0.15, 0.2) is 0 Å². The van der Waals surface area contributed by atoms with Crippen LogP contribution in [0.5, 0.6) is 0 Å². The number of rotatable bonds is 2. The van der Waals surface area contributed by atoms with Crippen molar-refractivity contribution in [1.29, 1.82) is 0 Å². The Bertz CT molecular complexity index is 84.9. The Labute approximate surface area is 85.8 Å². The predicted molar refractivity (Wildman–Crippen MR) is 29.3 cm³/mol. The molecule has 0 aliphatic rings. The van der Waals surface area contributed by atoms with Crippen LogP contribution in [0.4, 0.5) is 0 Å². The third-order valence-electron chi connectivity index (χ3n) is 0.557. The monoisotopic (exact) mass is 369 g/mol. The second kappa shape index (κ2) is 12.3. The Morgan fingerprint density at radius 1 is 1.60 bits per heavy atom. The topological polar surface area (TPSA) is 92.2 Å². The van der Waals surface area contributed by atoms with Crippen LogP contribution in [0, 0.1) is 0 Å². The minimum absolute atomic E-state index is 0. The Kier molecular flexibility index (Phi) is 27.7. The van der Waals surface area contributed by atoms with Crippen molar-refractivity contribution in [3.63, 3.8) is 0 Å². The Hall–Kier alpha value is 0.658. The Morgan fingerprint density at radius 2 is 1.90 bits per heavy atom. The van der Waals surface area contributed by atoms with E-state index in [0.717, 1.165) is 0 Å². The maximum absolute atomic E-state index is 9.61. The van der Waals surface area contributed by atoms with Gasteiger partial charge in [-0.1, -0.05) is 0 Å². The molecule has 0 aromatic carbocycles. The fourth-order valence-electron chi connectivity index (χ4n) is 0.0962. The molecule has 0 amide bonds. The molecule has 4 N–H and O–H groups in total. The molecule has 1 unspecified atom stereocenters. The van der Waals surface area contributed by atoms with Gasteiger partial charge >= 0.3 is 21.1 Å². The number of halogens is 2. The van der Waals surface area contributed by atoms with E-state index in [1.54, 1.807) is 0 Å². The molecular weight excluding hydrogens is 362 g/mol. The van der Waals surface area contributed by atoms with Crippen molar-refractivity contribution in [1.82, 2.24) is 0 Å². The number of carbonyl (C=O) groups excluding carboxylic acids is 1. The van der Waals surface area contributed by atoms with E-state index in [1.807, 2.05) is 0 Å². The average Bonchev–Trinajstić information content (AvgIpc) is 1.65. The largest absolute Gasteiger partial charge is 2.00 e. The molecule has 0 heterocycles. The second-order valence-corrected chi connectivity index (χ2v) is 1.16. The zero-order chi connectivity index (χ0) is 5.86. The number of carboxylic acid groups (broad SMARTS) is 1. The van der Waals surface area contributed by atoms with Gasteiger partial charge in [-0.25, -0.2) is 0 Å². The number of carbonyl (C=O) groups is 1.